The third kappa shape index (κ3) is 9.09. The number of hydrogen-bond donors (Lipinski definition) is 0. The second-order valence-corrected chi connectivity index (χ2v) is 23.4. The maximum Gasteiger partial charge on any atom is 0.271 e. The fraction of sp³-hybridized carbons (Fsp3) is 0.261. The number of para-hydroxylation sites is 4. The molecule has 0 spiro atoms. The SMILES string of the molecule is COc1ccc(-n2c(CC(C)C)nc3c(c(=O)c4ccccc4n3C)c2=O)cc1CC(C)Cc1nc2c(c(=O)c3ccccc3n2C)c(=O)n1-c1cccc(C2CCCC(c3nc4c(c(=O)c5ccccc5n4C)c(=O)n3-c3ccccc3)C2)c1. The Balaban J connectivity index is 0.903. The number of fused-ring (bicyclic) bond motifs is 6. The van der Waals surface area contributed by atoms with E-state index < -0.39 is 22.1 Å². The molecule has 3 atom stereocenters. The van der Waals surface area contributed by atoms with Crippen molar-refractivity contribution in [2.75, 3.05) is 7.11 Å². The maximum atomic E-state index is 15.5. The van der Waals surface area contributed by atoms with Gasteiger partial charge in [-0.05, 0) is 133 Å². The summed E-state index contributed by atoms with van der Waals surface area (Å²) in [6.45, 7) is 6.20. The van der Waals surface area contributed by atoms with Gasteiger partial charge in [0.05, 0.1) is 40.7 Å². The van der Waals surface area contributed by atoms with Crippen LogP contribution in [0.25, 0.3) is 82.9 Å². The van der Waals surface area contributed by atoms with Crippen LogP contribution in [0.3, 0.4) is 0 Å². The highest BCUT2D eigenvalue weighted by Crippen LogP contribution is 2.42. The Bertz CT molecular complexity index is 5130. The van der Waals surface area contributed by atoms with Crippen molar-refractivity contribution >= 4 is 65.8 Å². The Hall–Kier alpha value is -9.83. The number of aryl methyl sites for hydroxylation is 3. The predicted octanol–water partition coefficient (Wildman–Crippen LogP) is 10.4. The highest BCUT2D eigenvalue weighted by molar-refractivity contribution is 5.94. The number of benzene rings is 6. The zero-order valence-corrected chi connectivity index (χ0v) is 48.5. The first-order valence-electron chi connectivity index (χ1n) is 29.1. The van der Waals surface area contributed by atoms with Crippen molar-refractivity contribution in [3.05, 3.63) is 236 Å². The molecule has 6 aromatic carbocycles. The molecule has 0 radical (unpaired) electrons. The lowest BCUT2D eigenvalue weighted by Crippen LogP contribution is -2.31. The summed E-state index contributed by atoms with van der Waals surface area (Å²) in [4.78, 5) is 104. The normalized spacial score (nSPS) is 15.1. The lowest BCUT2D eigenvalue weighted by molar-refractivity contribution is 0.378. The van der Waals surface area contributed by atoms with Gasteiger partial charge in [0.2, 0.25) is 16.3 Å². The predicted molar refractivity (Wildman–Crippen MR) is 336 cm³/mol. The Kier molecular flexibility index (Phi) is 13.7. The molecule has 1 aliphatic rings. The fourth-order valence-electron chi connectivity index (χ4n) is 13.3. The maximum absolute atomic E-state index is 15.5. The average molecular weight is 1130 g/mol. The molecule has 1 saturated carbocycles. The molecule has 1 fully saturated rings. The summed E-state index contributed by atoms with van der Waals surface area (Å²) in [6, 6.07) is 44.6. The Morgan fingerprint density at radius 3 is 1.49 bits per heavy atom. The van der Waals surface area contributed by atoms with Gasteiger partial charge in [0.15, 0.2) is 16.9 Å². The molecule has 85 heavy (non-hydrogen) atoms. The average Bonchev–Trinajstić information content (AvgIpc) is 1.37. The smallest absolute Gasteiger partial charge is 0.271 e. The van der Waals surface area contributed by atoms with Gasteiger partial charge in [-0.1, -0.05) is 93.9 Å². The van der Waals surface area contributed by atoms with E-state index in [0.717, 1.165) is 30.4 Å². The molecule has 0 amide bonds. The summed E-state index contributed by atoms with van der Waals surface area (Å²) in [7, 11) is 7.10. The molecule has 6 heterocycles. The molecule has 6 aromatic heterocycles. The first kappa shape index (κ1) is 54.4. The van der Waals surface area contributed by atoms with Crippen LogP contribution in [0.15, 0.2) is 174 Å². The van der Waals surface area contributed by atoms with Crippen LogP contribution >= 0.6 is 0 Å². The van der Waals surface area contributed by atoms with Crippen LogP contribution in [0.2, 0.25) is 0 Å². The molecule has 16 nitrogen and oxygen atoms in total. The second-order valence-electron chi connectivity index (χ2n) is 23.4. The van der Waals surface area contributed by atoms with Gasteiger partial charge in [-0.15, -0.1) is 0 Å². The molecule has 12 aromatic rings. The summed E-state index contributed by atoms with van der Waals surface area (Å²) in [5.74, 6) is 1.88. The number of pyridine rings is 3. The molecule has 0 bridgehead atoms. The molecule has 426 valence electrons. The fourth-order valence-corrected chi connectivity index (χ4v) is 13.3. The lowest BCUT2D eigenvalue weighted by atomic mass is 9.77. The summed E-state index contributed by atoms with van der Waals surface area (Å²) >= 11 is 0. The summed E-state index contributed by atoms with van der Waals surface area (Å²) in [5.41, 5.74) is 3.98. The number of methoxy groups -OCH3 is 1. The van der Waals surface area contributed by atoms with Gasteiger partial charge >= 0.3 is 0 Å². The van der Waals surface area contributed by atoms with E-state index in [-0.39, 0.29) is 62.8 Å². The van der Waals surface area contributed by atoms with E-state index in [9.17, 15) is 24.0 Å². The van der Waals surface area contributed by atoms with Crippen LogP contribution in [0.4, 0.5) is 0 Å². The van der Waals surface area contributed by atoms with Crippen molar-refractivity contribution in [3.8, 4) is 22.8 Å². The van der Waals surface area contributed by atoms with Gasteiger partial charge in [-0.3, -0.25) is 42.5 Å². The number of ether oxygens (including phenoxy) is 1. The van der Waals surface area contributed by atoms with Crippen molar-refractivity contribution < 1.29 is 4.74 Å². The first-order chi connectivity index (χ1) is 41.1. The quantitative estimate of drug-likeness (QED) is 0.107. The molecule has 16 heteroatoms. The summed E-state index contributed by atoms with van der Waals surface area (Å²) < 4.78 is 16.2. The van der Waals surface area contributed by atoms with Crippen LogP contribution in [0, 0.1) is 11.8 Å². The van der Waals surface area contributed by atoms with Crippen LogP contribution < -0.4 is 37.7 Å². The van der Waals surface area contributed by atoms with Crippen LogP contribution in [-0.4, -0.2) is 49.5 Å². The van der Waals surface area contributed by atoms with Gasteiger partial charge in [-0.2, -0.15) is 0 Å². The Morgan fingerprint density at radius 2 is 0.953 bits per heavy atom. The first-order valence-corrected chi connectivity index (χ1v) is 29.1. The Morgan fingerprint density at radius 1 is 0.482 bits per heavy atom. The minimum Gasteiger partial charge on any atom is -0.496 e. The molecule has 1 aliphatic carbocycles. The topological polar surface area (TPSA) is 180 Å². The van der Waals surface area contributed by atoms with Gasteiger partial charge in [0, 0.05) is 56.1 Å². The number of rotatable bonds is 12. The van der Waals surface area contributed by atoms with Crippen molar-refractivity contribution in [1.29, 1.82) is 0 Å². The van der Waals surface area contributed by atoms with E-state index in [2.05, 4.69) is 26.8 Å². The van der Waals surface area contributed by atoms with Gasteiger partial charge in [0.25, 0.3) is 16.7 Å². The lowest BCUT2D eigenvalue weighted by Gasteiger charge is -2.31. The van der Waals surface area contributed by atoms with Crippen molar-refractivity contribution in [3.63, 3.8) is 0 Å². The van der Waals surface area contributed by atoms with E-state index in [0.29, 0.717) is 104 Å². The van der Waals surface area contributed by atoms with Crippen molar-refractivity contribution in [2.45, 2.75) is 77.6 Å². The number of nitrogens with zero attached hydrogens (tertiary/aromatic N) is 9. The van der Waals surface area contributed by atoms with Crippen LogP contribution in [-0.2, 0) is 40.4 Å². The van der Waals surface area contributed by atoms with Gasteiger partial charge in [0.1, 0.15) is 39.4 Å². The highest BCUT2D eigenvalue weighted by Gasteiger charge is 2.31. The zero-order chi connectivity index (χ0) is 59.1. The van der Waals surface area contributed by atoms with Crippen molar-refractivity contribution in [1.82, 2.24) is 42.4 Å². The summed E-state index contributed by atoms with van der Waals surface area (Å²) in [6.07, 6.45) is 4.23. The number of hydrogen-bond acceptors (Lipinski definition) is 10. The molecule has 0 saturated heterocycles. The molecular formula is C69H63N9O7. The Labute approximate surface area is 487 Å². The van der Waals surface area contributed by atoms with E-state index in [1.54, 1.807) is 57.2 Å². The van der Waals surface area contributed by atoms with Crippen LogP contribution in [0.5, 0.6) is 5.75 Å². The van der Waals surface area contributed by atoms with E-state index >= 15 is 4.79 Å². The molecule has 0 N–H and O–H groups in total. The number of aromatic nitrogens is 9. The van der Waals surface area contributed by atoms with E-state index in [4.69, 9.17) is 19.7 Å². The van der Waals surface area contributed by atoms with Crippen LogP contribution in [0.1, 0.15) is 86.9 Å². The van der Waals surface area contributed by atoms with Gasteiger partial charge in [-0.25, -0.2) is 15.0 Å². The summed E-state index contributed by atoms with van der Waals surface area (Å²) in [5, 5.41) is 1.32. The van der Waals surface area contributed by atoms with E-state index in [1.807, 2.05) is 138 Å². The van der Waals surface area contributed by atoms with Crippen molar-refractivity contribution in [2.24, 2.45) is 33.0 Å². The highest BCUT2D eigenvalue weighted by atomic mass is 16.5. The second kappa shape index (κ2) is 21.4. The third-order valence-corrected chi connectivity index (χ3v) is 17.4. The monoisotopic (exact) mass is 1130 g/mol. The largest absolute Gasteiger partial charge is 0.496 e. The third-order valence-electron chi connectivity index (χ3n) is 17.4. The molecule has 13 rings (SSSR count). The molecular weight excluding hydrogens is 1070 g/mol. The standard InChI is InChI=1S/C69H63N9O7/c1-39(2)33-55-70-64-57(60(79)48-25-11-14-28-51(48)73(64)4)68(83)77(55)47-31-32-54(85-7)44(38-47)34-40(3)35-56-71-65-58(61(80)49-26-12-15-29-52(49)74(65)5)67(82)76(56)46-24-18-20-42(37-46)41-19-17-21-43(36-41)63-72-66-59(69(84)78(63)45-22-9-8-10-23-45)62(81)50-27-13-16-30-53(50)75(66)6/h8-16,18,20,22-32,37-41,43H,17,19,21,33-36H2,1-7H3. The van der Waals surface area contributed by atoms with Gasteiger partial charge < -0.3 is 18.4 Å². The molecule has 3 unspecified atom stereocenters. The minimum absolute atomic E-state index is 0.00773. The molecule has 0 aliphatic heterocycles. The zero-order valence-electron chi connectivity index (χ0n) is 48.5. The minimum atomic E-state index is -0.484. The van der Waals surface area contributed by atoms with E-state index in [1.165, 1.54) is 0 Å².